The lowest BCUT2D eigenvalue weighted by Crippen LogP contribution is -2.43. The molecule has 0 atom stereocenters. The summed E-state index contributed by atoms with van der Waals surface area (Å²) in [7, 11) is 0. The first-order valence-electron chi connectivity index (χ1n) is 7.34. The number of hydrogen-bond acceptors (Lipinski definition) is 2. The van der Waals surface area contributed by atoms with Gasteiger partial charge in [0, 0.05) is 6.04 Å². The largest absolute Gasteiger partial charge is 0.352 e. The Morgan fingerprint density at radius 2 is 1.70 bits per heavy atom. The van der Waals surface area contributed by atoms with Gasteiger partial charge in [-0.15, -0.1) is 0 Å². The van der Waals surface area contributed by atoms with E-state index in [9.17, 15) is 9.59 Å². The van der Waals surface area contributed by atoms with E-state index in [0.717, 1.165) is 18.4 Å². The molecule has 0 unspecified atom stereocenters. The molecule has 0 bridgehead atoms. The Morgan fingerprint density at radius 3 is 2.40 bits per heavy atom. The third-order valence-electron chi connectivity index (χ3n) is 3.62. The molecule has 2 amide bonds. The molecule has 1 aromatic carbocycles. The van der Waals surface area contributed by atoms with E-state index < -0.39 is 0 Å². The first-order chi connectivity index (χ1) is 9.74. The molecule has 0 aliphatic heterocycles. The van der Waals surface area contributed by atoms with Crippen LogP contribution in [-0.4, -0.2) is 24.4 Å². The first-order valence-corrected chi connectivity index (χ1v) is 7.34. The van der Waals surface area contributed by atoms with Crippen molar-refractivity contribution in [1.82, 2.24) is 10.6 Å². The number of carbonyl (C=O) groups excluding carboxylic acids is 2. The number of rotatable bonds is 5. The van der Waals surface area contributed by atoms with Crippen molar-refractivity contribution in [2.75, 3.05) is 6.54 Å². The highest BCUT2D eigenvalue weighted by Crippen LogP contribution is 2.17. The third-order valence-corrected chi connectivity index (χ3v) is 3.62. The fourth-order valence-electron chi connectivity index (χ4n) is 2.55. The van der Waals surface area contributed by atoms with Crippen molar-refractivity contribution in [3.05, 3.63) is 35.9 Å². The Labute approximate surface area is 119 Å². The van der Waals surface area contributed by atoms with Crippen LogP contribution in [0.15, 0.2) is 30.3 Å². The first kappa shape index (κ1) is 14.6. The summed E-state index contributed by atoms with van der Waals surface area (Å²) in [6.45, 7) is 0.0716. The summed E-state index contributed by atoms with van der Waals surface area (Å²) in [5.41, 5.74) is 0.956. The van der Waals surface area contributed by atoms with Gasteiger partial charge in [-0.25, -0.2) is 0 Å². The summed E-state index contributed by atoms with van der Waals surface area (Å²) in [6.07, 6.45) is 6.07. The lowest BCUT2D eigenvalue weighted by molar-refractivity contribution is -0.126. The van der Waals surface area contributed by atoms with Crippen LogP contribution in [0.3, 0.4) is 0 Å². The molecule has 0 aromatic heterocycles. The predicted octanol–water partition coefficient (Wildman–Crippen LogP) is 1.79. The monoisotopic (exact) mass is 274 g/mol. The molecule has 4 heteroatoms. The average molecular weight is 274 g/mol. The fourth-order valence-corrected chi connectivity index (χ4v) is 2.55. The normalized spacial score (nSPS) is 15.6. The second-order valence-corrected chi connectivity index (χ2v) is 5.34. The summed E-state index contributed by atoms with van der Waals surface area (Å²) >= 11 is 0. The smallest absolute Gasteiger partial charge is 0.239 e. The minimum Gasteiger partial charge on any atom is -0.352 e. The third kappa shape index (κ3) is 5.03. The molecular formula is C16H22N2O2. The van der Waals surface area contributed by atoms with Gasteiger partial charge in [0.2, 0.25) is 11.8 Å². The molecule has 0 radical (unpaired) electrons. The van der Waals surface area contributed by atoms with Gasteiger partial charge in [-0.1, -0.05) is 49.6 Å². The topological polar surface area (TPSA) is 58.2 Å². The Morgan fingerprint density at radius 1 is 1.00 bits per heavy atom. The van der Waals surface area contributed by atoms with Crippen molar-refractivity contribution in [3.63, 3.8) is 0 Å². The van der Waals surface area contributed by atoms with Crippen LogP contribution in [0.25, 0.3) is 0 Å². The molecule has 1 aliphatic carbocycles. The maximum absolute atomic E-state index is 11.7. The van der Waals surface area contributed by atoms with E-state index in [1.54, 1.807) is 0 Å². The lowest BCUT2D eigenvalue weighted by atomic mass is 9.95. The molecule has 0 spiro atoms. The predicted molar refractivity (Wildman–Crippen MR) is 78.2 cm³/mol. The number of hydrogen-bond donors (Lipinski definition) is 2. The zero-order valence-electron chi connectivity index (χ0n) is 11.7. The van der Waals surface area contributed by atoms with Crippen LogP contribution in [-0.2, 0) is 16.0 Å². The molecule has 4 nitrogen and oxygen atoms in total. The summed E-state index contributed by atoms with van der Waals surface area (Å²) in [5, 5.41) is 5.65. The van der Waals surface area contributed by atoms with Crippen LogP contribution in [0.4, 0.5) is 0 Å². The minimum atomic E-state index is -0.116. The van der Waals surface area contributed by atoms with Crippen molar-refractivity contribution in [3.8, 4) is 0 Å². The van der Waals surface area contributed by atoms with E-state index in [1.807, 2.05) is 30.3 Å². The number of nitrogens with one attached hydrogen (secondary N) is 2. The summed E-state index contributed by atoms with van der Waals surface area (Å²) in [4.78, 5) is 23.5. The van der Waals surface area contributed by atoms with Crippen LogP contribution >= 0.6 is 0 Å². The molecule has 0 heterocycles. The molecule has 1 fully saturated rings. The van der Waals surface area contributed by atoms with Crippen molar-refractivity contribution in [1.29, 1.82) is 0 Å². The Bertz CT molecular complexity index is 439. The van der Waals surface area contributed by atoms with Gasteiger partial charge in [-0.3, -0.25) is 9.59 Å². The highest BCUT2D eigenvalue weighted by Gasteiger charge is 2.15. The standard InChI is InChI=1S/C16H22N2O2/c19-15(11-13-7-3-1-4-8-13)17-12-16(20)18-14-9-5-2-6-10-14/h1,3-4,7-8,14H,2,5-6,9-12H2,(H,17,19)(H,18,20). The highest BCUT2D eigenvalue weighted by molar-refractivity contribution is 5.85. The summed E-state index contributed by atoms with van der Waals surface area (Å²) < 4.78 is 0. The fraction of sp³-hybridized carbons (Fsp3) is 0.500. The van der Waals surface area contributed by atoms with E-state index in [2.05, 4.69) is 10.6 Å². The molecule has 0 saturated heterocycles. The number of carbonyl (C=O) groups is 2. The molecule has 1 aliphatic rings. The van der Waals surface area contributed by atoms with Gasteiger partial charge in [0.15, 0.2) is 0 Å². The minimum absolute atomic E-state index is 0.0716. The van der Waals surface area contributed by atoms with Crippen LogP contribution in [0, 0.1) is 0 Å². The van der Waals surface area contributed by atoms with Gasteiger partial charge in [-0.05, 0) is 18.4 Å². The molecule has 2 rings (SSSR count). The molecule has 1 aromatic rings. The van der Waals surface area contributed by atoms with Crippen LogP contribution in [0.5, 0.6) is 0 Å². The van der Waals surface area contributed by atoms with Crippen molar-refractivity contribution >= 4 is 11.8 Å². The molecule has 108 valence electrons. The zero-order chi connectivity index (χ0) is 14.2. The Balaban J connectivity index is 1.66. The summed E-state index contributed by atoms with van der Waals surface area (Å²) in [5.74, 6) is -0.201. The van der Waals surface area contributed by atoms with E-state index in [-0.39, 0.29) is 18.4 Å². The molecule has 2 N–H and O–H groups in total. The number of amides is 2. The van der Waals surface area contributed by atoms with E-state index >= 15 is 0 Å². The van der Waals surface area contributed by atoms with Gasteiger partial charge in [0.25, 0.3) is 0 Å². The maximum Gasteiger partial charge on any atom is 0.239 e. The number of benzene rings is 1. The van der Waals surface area contributed by atoms with Crippen LogP contribution < -0.4 is 10.6 Å². The lowest BCUT2D eigenvalue weighted by Gasteiger charge is -2.22. The van der Waals surface area contributed by atoms with Gasteiger partial charge in [0.1, 0.15) is 0 Å². The quantitative estimate of drug-likeness (QED) is 0.860. The van der Waals surface area contributed by atoms with E-state index in [0.29, 0.717) is 12.5 Å². The van der Waals surface area contributed by atoms with E-state index in [4.69, 9.17) is 0 Å². The van der Waals surface area contributed by atoms with Crippen LogP contribution in [0.2, 0.25) is 0 Å². The summed E-state index contributed by atoms with van der Waals surface area (Å²) in [6, 6.07) is 9.82. The average Bonchev–Trinajstić information content (AvgIpc) is 2.47. The second kappa shape index (κ2) is 7.68. The van der Waals surface area contributed by atoms with Crippen molar-refractivity contribution in [2.45, 2.75) is 44.6 Å². The van der Waals surface area contributed by atoms with Gasteiger partial charge < -0.3 is 10.6 Å². The molecule has 1 saturated carbocycles. The highest BCUT2D eigenvalue weighted by atomic mass is 16.2. The maximum atomic E-state index is 11.7. The van der Waals surface area contributed by atoms with Crippen molar-refractivity contribution in [2.24, 2.45) is 0 Å². The molecular weight excluding hydrogens is 252 g/mol. The Hall–Kier alpha value is -1.84. The molecule has 20 heavy (non-hydrogen) atoms. The van der Waals surface area contributed by atoms with Crippen molar-refractivity contribution < 1.29 is 9.59 Å². The van der Waals surface area contributed by atoms with Gasteiger partial charge in [0.05, 0.1) is 13.0 Å². The van der Waals surface area contributed by atoms with E-state index in [1.165, 1.54) is 19.3 Å². The SMILES string of the molecule is O=C(Cc1ccccc1)NCC(=O)NC1CCCCC1. The van der Waals surface area contributed by atoms with Crippen LogP contribution in [0.1, 0.15) is 37.7 Å². The van der Waals surface area contributed by atoms with Gasteiger partial charge in [-0.2, -0.15) is 0 Å². The second-order valence-electron chi connectivity index (χ2n) is 5.34. The zero-order valence-corrected chi connectivity index (χ0v) is 11.7. The Kier molecular flexibility index (Phi) is 5.59. The van der Waals surface area contributed by atoms with Gasteiger partial charge >= 0.3 is 0 Å².